The van der Waals surface area contributed by atoms with Crippen molar-refractivity contribution in [3.8, 4) is 11.1 Å². The minimum Gasteiger partial charge on any atom is -0.480 e. The number of hydrogen-bond donors (Lipinski definition) is 3. The number of aliphatic carboxylic acids is 1. The number of thioether (sulfide) groups is 1. The number of carboxylic acids is 1. The van der Waals surface area contributed by atoms with Crippen molar-refractivity contribution in [2.75, 3.05) is 50.1 Å². The molecule has 12 nitrogen and oxygen atoms in total. The summed E-state index contributed by atoms with van der Waals surface area (Å²) in [6.07, 6.45) is 7.38. The summed E-state index contributed by atoms with van der Waals surface area (Å²) in [6, 6.07) is 16.5. The molecule has 2 aromatic heterocycles. The van der Waals surface area contributed by atoms with Crippen LogP contribution in [-0.2, 0) is 27.2 Å². The minimum absolute atomic E-state index is 0.0166. The Labute approximate surface area is 300 Å². The first kappa shape index (κ1) is 34.4. The molecule has 3 aliphatic rings. The number of fused-ring (bicyclic) bond motifs is 3. The molecule has 264 valence electrons. The van der Waals surface area contributed by atoms with Crippen molar-refractivity contribution >= 4 is 62.9 Å². The van der Waals surface area contributed by atoms with Gasteiger partial charge in [0.25, 0.3) is 5.91 Å². The number of amides is 2. The van der Waals surface area contributed by atoms with E-state index >= 15 is 0 Å². The third kappa shape index (κ3) is 7.40. The number of nitrogens with zero attached hydrogens (tertiary/aromatic N) is 5. The van der Waals surface area contributed by atoms with Gasteiger partial charge in [0.1, 0.15) is 5.52 Å². The Hall–Kier alpha value is -5.01. The van der Waals surface area contributed by atoms with Crippen molar-refractivity contribution in [1.29, 1.82) is 0 Å². The molecule has 1 saturated heterocycles. The SMILES string of the molecule is COC(=O)NCCCCc1cnc2c(Nc3cccc(-c4cccc5c4CCN5C(=O)C4=NC5CCN(CC(=O)O)CC5S4)c3C)nccc2c1. The molecule has 1 fully saturated rings. The predicted molar refractivity (Wildman–Crippen MR) is 200 cm³/mol. The summed E-state index contributed by atoms with van der Waals surface area (Å²) < 4.78 is 4.62. The summed E-state index contributed by atoms with van der Waals surface area (Å²) in [5.74, 6) is -0.226. The lowest BCUT2D eigenvalue weighted by atomic mass is 9.93. The van der Waals surface area contributed by atoms with Crippen LogP contribution in [0.1, 0.15) is 36.0 Å². The van der Waals surface area contributed by atoms with E-state index in [1.54, 1.807) is 6.20 Å². The Morgan fingerprint density at radius 3 is 2.75 bits per heavy atom. The van der Waals surface area contributed by atoms with Crippen LogP contribution in [0.5, 0.6) is 0 Å². The number of pyridine rings is 2. The van der Waals surface area contributed by atoms with E-state index in [2.05, 4.69) is 45.5 Å². The van der Waals surface area contributed by atoms with Gasteiger partial charge in [-0.3, -0.25) is 24.5 Å². The van der Waals surface area contributed by atoms with Gasteiger partial charge in [-0.05, 0) is 91.1 Å². The molecule has 7 rings (SSSR count). The average molecular weight is 708 g/mol. The first-order valence-electron chi connectivity index (χ1n) is 17.3. The van der Waals surface area contributed by atoms with Crippen molar-refractivity contribution in [3.63, 3.8) is 0 Å². The van der Waals surface area contributed by atoms with Gasteiger partial charge in [0.05, 0.1) is 19.7 Å². The van der Waals surface area contributed by atoms with Gasteiger partial charge in [0.2, 0.25) is 0 Å². The number of rotatable bonds is 11. The second kappa shape index (κ2) is 15.1. The third-order valence-electron chi connectivity index (χ3n) is 9.85. The van der Waals surface area contributed by atoms with Gasteiger partial charge in [-0.1, -0.05) is 36.0 Å². The van der Waals surface area contributed by atoms with Crippen LogP contribution in [0.25, 0.3) is 22.0 Å². The molecule has 51 heavy (non-hydrogen) atoms. The molecule has 4 aromatic rings. The molecule has 13 heteroatoms. The van der Waals surface area contributed by atoms with E-state index in [1.165, 1.54) is 18.9 Å². The second-order valence-corrected chi connectivity index (χ2v) is 14.4. The van der Waals surface area contributed by atoms with Crippen LogP contribution in [0.15, 0.2) is 65.9 Å². The van der Waals surface area contributed by atoms with E-state index in [4.69, 9.17) is 9.98 Å². The number of ether oxygens (including phenoxy) is 1. The number of methoxy groups -OCH3 is 1. The van der Waals surface area contributed by atoms with Crippen LogP contribution < -0.4 is 15.5 Å². The molecule has 0 radical (unpaired) electrons. The Kier molecular flexibility index (Phi) is 10.2. The molecule has 5 heterocycles. The molecule has 2 amide bonds. The number of likely N-dealkylation sites (tertiary alicyclic amines) is 1. The molecule has 0 spiro atoms. The van der Waals surface area contributed by atoms with E-state index in [0.717, 1.165) is 82.2 Å². The van der Waals surface area contributed by atoms with Crippen molar-refractivity contribution in [1.82, 2.24) is 20.2 Å². The van der Waals surface area contributed by atoms with Gasteiger partial charge in [-0.25, -0.2) is 9.78 Å². The number of aliphatic imine (C=N–C) groups is 1. The number of aryl methyl sites for hydroxylation is 1. The predicted octanol–water partition coefficient (Wildman–Crippen LogP) is 5.59. The lowest BCUT2D eigenvalue weighted by Crippen LogP contribution is -2.45. The number of hydrogen-bond acceptors (Lipinski definition) is 10. The summed E-state index contributed by atoms with van der Waals surface area (Å²) in [4.78, 5) is 54.4. The van der Waals surface area contributed by atoms with Crippen molar-refractivity contribution < 1.29 is 24.2 Å². The van der Waals surface area contributed by atoms with Crippen LogP contribution in [0.3, 0.4) is 0 Å². The van der Waals surface area contributed by atoms with Crippen LogP contribution in [0.2, 0.25) is 0 Å². The highest BCUT2D eigenvalue weighted by atomic mass is 32.2. The highest BCUT2D eigenvalue weighted by Crippen LogP contribution is 2.41. The molecular weight excluding hydrogens is 667 g/mol. The maximum atomic E-state index is 13.9. The smallest absolute Gasteiger partial charge is 0.406 e. The summed E-state index contributed by atoms with van der Waals surface area (Å²) >= 11 is 1.50. The van der Waals surface area contributed by atoms with E-state index in [-0.39, 0.29) is 23.7 Å². The van der Waals surface area contributed by atoms with E-state index < -0.39 is 12.1 Å². The Bertz CT molecular complexity index is 2020. The summed E-state index contributed by atoms with van der Waals surface area (Å²) in [7, 11) is 1.36. The van der Waals surface area contributed by atoms with Crippen LogP contribution >= 0.6 is 11.8 Å². The van der Waals surface area contributed by atoms with Gasteiger partial charge in [-0.15, -0.1) is 0 Å². The number of carbonyl (C=O) groups is 3. The largest absolute Gasteiger partial charge is 0.480 e. The number of nitrogens with one attached hydrogen (secondary N) is 2. The number of unbranched alkanes of at least 4 members (excludes halogenated alkanes) is 1. The normalized spacial score (nSPS) is 18.2. The average Bonchev–Trinajstić information content (AvgIpc) is 3.76. The van der Waals surface area contributed by atoms with Gasteiger partial charge in [0.15, 0.2) is 10.9 Å². The highest BCUT2D eigenvalue weighted by Gasteiger charge is 2.40. The summed E-state index contributed by atoms with van der Waals surface area (Å²) in [6.45, 7) is 4.57. The molecule has 3 aliphatic heterocycles. The summed E-state index contributed by atoms with van der Waals surface area (Å²) in [5, 5.41) is 17.1. The third-order valence-corrected chi connectivity index (χ3v) is 11.1. The molecular formula is C38H41N7O5S. The number of piperidine rings is 1. The molecule has 0 bridgehead atoms. The Morgan fingerprint density at radius 1 is 1.06 bits per heavy atom. The Morgan fingerprint density at radius 2 is 1.90 bits per heavy atom. The van der Waals surface area contributed by atoms with Gasteiger partial charge in [-0.2, -0.15) is 0 Å². The number of alkyl carbamates (subject to hydrolysis) is 1. The number of benzene rings is 2. The number of anilines is 3. The van der Waals surface area contributed by atoms with Crippen LogP contribution in [0, 0.1) is 6.92 Å². The molecule has 0 saturated carbocycles. The highest BCUT2D eigenvalue weighted by molar-refractivity contribution is 8.16. The maximum absolute atomic E-state index is 13.9. The topological polar surface area (TPSA) is 149 Å². The zero-order chi connectivity index (χ0) is 35.5. The van der Waals surface area contributed by atoms with E-state index in [0.29, 0.717) is 37.0 Å². The van der Waals surface area contributed by atoms with E-state index in [9.17, 15) is 19.5 Å². The van der Waals surface area contributed by atoms with Gasteiger partial charge < -0.3 is 25.4 Å². The first-order valence-corrected chi connectivity index (χ1v) is 18.2. The molecule has 3 N–H and O–H groups in total. The molecule has 2 atom stereocenters. The fourth-order valence-electron chi connectivity index (χ4n) is 7.25. The second-order valence-electron chi connectivity index (χ2n) is 13.1. The maximum Gasteiger partial charge on any atom is 0.406 e. The van der Waals surface area contributed by atoms with Crippen LogP contribution in [-0.4, -0.2) is 94.1 Å². The number of carbonyl (C=O) groups excluding carboxylic acids is 2. The number of carboxylic acid groups (broad SMARTS) is 1. The van der Waals surface area contributed by atoms with Crippen LogP contribution in [0.4, 0.5) is 22.0 Å². The zero-order valence-corrected chi connectivity index (χ0v) is 29.5. The molecule has 2 unspecified atom stereocenters. The quantitative estimate of drug-likeness (QED) is 0.169. The zero-order valence-electron chi connectivity index (χ0n) is 28.7. The Balaban J connectivity index is 1.06. The minimum atomic E-state index is -0.831. The van der Waals surface area contributed by atoms with Crippen molar-refractivity contribution in [2.45, 2.75) is 50.3 Å². The fourth-order valence-corrected chi connectivity index (χ4v) is 8.58. The standard InChI is InChI=1S/C38H41N7O5S/c1-23-26(8-5-10-29(23)42-35-34-25(12-16-39-35)19-24(20-41-34)7-3-4-15-40-38(49)50-2)27-9-6-11-31-28(27)13-18-45(31)37(48)36-43-30-14-17-44(22-33(46)47)21-32(30)51-36/h5-6,8-12,16,19-20,30,32H,3-4,7,13-15,17-18,21-22H2,1-2H3,(H,39,42)(H,40,49)(H,46,47). The first-order chi connectivity index (χ1) is 24.8. The fraction of sp³-hybridized carbons (Fsp3) is 0.368. The lowest BCUT2D eigenvalue weighted by molar-refractivity contribution is -0.138. The monoisotopic (exact) mass is 707 g/mol. The number of aromatic nitrogens is 2. The van der Waals surface area contributed by atoms with Crippen molar-refractivity contribution in [3.05, 3.63) is 77.6 Å². The molecule has 0 aliphatic carbocycles. The van der Waals surface area contributed by atoms with Crippen molar-refractivity contribution in [2.24, 2.45) is 4.99 Å². The molecule has 2 aromatic carbocycles. The summed E-state index contributed by atoms with van der Waals surface area (Å²) in [5.41, 5.74) is 8.14. The van der Waals surface area contributed by atoms with E-state index in [1.807, 2.05) is 46.3 Å². The lowest BCUT2D eigenvalue weighted by Gasteiger charge is -2.32. The van der Waals surface area contributed by atoms with Gasteiger partial charge in [0, 0.05) is 60.6 Å². The van der Waals surface area contributed by atoms with Gasteiger partial charge >= 0.3 is 12.1 Å².